The molecule has 5 N–H and O–H groups in total. The van der Waals surface area contributed by atoms with Gasteiger partial charge in [-0.2, -0.15) is 0 Å². The Kier molecular flexibility index (Phi) is 13.0. The number of hydrogen-bond donors (Lipinski definition) is 4. The smallest absolute Gasteiger partial charge is 0.199 e. The lowest BCUT2D eigenvalue weighted by atomic mass is 10.1. The van der Waals surface area contributed by atoms with E-state index in [4.69, 9.17) is 5.73 Å². The maximum atomic E-state index is 13.1. The zero-order valence-corrected chi connectivity index (χ0v) is 20.1. The number of para-hydroxylation sites is 1. The molecule has 0 aliphatic heterocycles. The van der Waals surface area contributed by atoms with Crippen LogP contribution in [0.1, 0.15) is 0 Å². The van der Waals surface area contributed by atoms with Crippen LogP contribution < -0.4 is 27.1 Å². The molecule has 2 aromatic heterocycles. The molecule has 0 saturated carbocycles. The Hall–Kier alpha value is -1.58. The summed E-state index contributed by atoms with van der Waals surface area (Å²) >= 11 is 0. The Bertz CT molecular complexity index is 1120. The summed E-state index contributed by atoms with van der Waals surface area (Å²) in [5.41, 5.74) is 8.95. The third-order valence-corrected chi connectivity index (χ3v) is 4.76. The predicted octanol–water partition coefficient (Wildman–Crippen LogP) is 2.68. The number of nitrogens with zero attached hydrogens (tertiary/aromatic N) is 2. The molecule has 4 aromatic rings. The highest BCUT2D eigenvalue weighted by molar-refractivity contribution is 6.06. The second-order valence-electron chi connectivity index (χ2n) is 6.53. The van der Waals surface area contributed by atoms with Crippen LogP contribution in [0.2, 0.25) is 0 Å². The lowest BCUT2D eigenvalue weighted by molar-refractivity contribution is 0.622. The first kappa shape index (κ1) is 29.4. The van der Waals surface area contributed by atoms with Crippen molar-refractivity contribution in [3.8, 4) is 0 Å². The highest BCUT2D eigenvalue weighted by Crippen LogP contribution is 2.28. The first-order valence-corrected chi connectivity index (χ1v) is 9.31. The molecule has 0 aliphatic carbocycles. The number of fused-ring (bicyclic) bond motifs is 2. The van der Waals surface area contributed by atoms with Crippen LogP contribution in [0.4, 0.5) is 5.69 Å². The van der Waals surface area contributed by atoms with E-state index >= 15 is 0 Å². The molecule has 31 heavy (non-hydrogen) atoms. The molecule has 0 saturated heterocycles. The normalized spacial score (nSPS) is 10.2. The molecule has 0 atom stereocenters. The van der Waals surface area contributed by atoms with Gasteiger partial charge in [0.05, 0.1) is 21.9 Å². The molecular formula is C20H28Cl4N6O. The molecule has 0 unspecified atom stereocenters. The standard InChI is InChI=1S/C20H24N6O.4ClH/c21-7-8-22-9-10-23-11-12-24-15-5-6-16-19-18(15)20(27)14-3-1-2-4-17(14)26(19)13-25-16;;;;/h1-6,13,22-24H,7-12,21H2;4*1H. The van der Waals surface area contributed by atoms with Crippen molar-refractivity contribution in [2.24, 2.45) is 5.73 Å². The van der Waals surface area contributed by atoms with Gasteiger partial charge in [0.1, 0.15) is 6.33 Å². The Labute approximate surface area is 205 Å². The van der Waals surface area contributed by atoms with E-state index in [1.807, 2.05) is 40.8 Å². The molecule has 0 amide bonds. The van der Waals surface area contributed by atoms with Crippen molar-refractivity contribution in [3.63, 3.8) is 0 Å². The third-order valence-electron chi connectivity index (χ3n) is 4.76. The molecule has 2 heterocycles. The first-order chi connectivity index (χ1) is 13.3. The van der Waals surface area contributed by atoms with Gasteiger partial charge in [0, 0.05) is 50.3 Å². The van der Waals surface area contributed by atoms with E-state index < -0.39 is 0 Å². The number of rotatable bonds is 9. The van der Waals surface area contributed by atoms with Crippen LogP contribution in [-0.4, -0.2) is 48.7 Å². The van der Waals surface area contributed by atoms with Crippen LogP contribution in [0.25, 0.3) is 27.3 Å². The van der Waals surface area contributed by atoms with Gasteiger partial charge in [-0.3, -0.25) is 9.20 Å². The highest BCUT2D eigenvalue weighted by Gasteiger charge is 2.15. The molecule has 0 radical (unpaired) electrons. The summed E-state index contributed by atoms with van der Waals surface area (Å²) < 4.78 is 2.01. The van der Waals surface area contributed by atoms with Gasteiger partial charge in [0.25, 0.3) is 0 Å². The van der Waals surface area contributed by atoms with E-state index in [-0.39, 0.29) is 55.1 Å². The van der Waals surface area contributed by atoms with E-state index in [0.717, 1.165) is 55.0 Å². The molecule has 0 fully saturated rings. The fraction of sp³-hybridized carbons (Fsp3) is 0.300. The number of benzene rings is 2. The third kappa shape index (κ3) is 6.02. The Morgan fingerprint density at radius 3 is 2.29 bits per heavy atom. The minimum absolute atomic E-state index is 0. The van der Waals surface area contributed by atoms with E-state index in [0.29, 0.717) is 17.3 Å². The lowest BCUT2D eigenvalue weighted by Crippen LogP contribution is -2.32. The fourth-order valence-electron chi connectivity index (χ4n) is 3.49. The number of aromatic nitrogens is 2. The molecule has 172 valence electrons. The van der Waals surface area contributed by atoms with Crippen molar-refractivity contribution >= 4 is 82.6 Å². The summed E-state index contributed by atoms with van der Waals surface area (Å²) in [6.07, 6.45) is 1.79. The first-order valence-electron chi connectivity index (χ1n) is 9.31. The molecule has 11 heteroatoms. The van der Waals surface area contributed by atoms with Crippen molar-refractivity contribution in [2.45, 2.75) is 0 Å². The van der Waals surface area contributed by atoms with E-state index in [1.54, 1.807) is 6.33 Å². The Balaban J connectivity index is 0.00000225. The second kappa shape index (κ2) is 13.8. The SMILES string of the molecule is Cl.Cl.Cl.Cl.NCCNCCNCCNc1ccc2ncn3c4ccccc4c(=O)c1c23. The number of halogens is 4. The van der Waals surface area contributed by atoms with Crippen molar-refractivity contribution < 1.29 is 0 Å². The van der Waals surface area contributed by atoms with Crippen LogP contribution in [0.15, 0.2) is 47.5 Å². The van der Waals surface area contributed by atoms with Crippen LogP contribution in [-0.2, 0) is 0 Å². The van der Waals surface area contributed by atoms with Gasteiger partial charge in [-0.15, -0.1) is 49.6 Å². The minimum atomic E-state index is 0. The second-order valence-corrected chi connectivity index (χ2v) is 6.53. The van der Waals surface area contributed by atoms with Crippen LogP contribution in [0.5, 0.6) is 0 Å². The van der Waals surface area contributed by atoms with Crippen molar-refractivity contribution in [3.05, 3.63) is 52.9 Å². The molecule has 0 bridgehead atoms. The van der Waals surface area contributed by atoms with Gasteiger partial charge in [-0.1, -0.05) is 12.1 Å². The lowest BCUT2D eigenvalue weighted by Gasteiger charge is -2.12. The highest BCUT2D eigenvalue weighted by atomic mass is 35.5. The predicted molar refractivity (Wildman–Crippen MR) is 140 cm³/mol. The van der Waals surface area contributed by atoms with Gasteiger partial charge < -0.3 is 21.7 Å². The zero-order chi connectivity index (χ0) is 18.6. The summed E-state index contributed by atoms with van der Waals surface area (Å²) in [6, 6.07) is 11.6. The topological polar surface area (TPSA) is 96.5 Å². The molecular weight excluding hydrogens is 482 g/mol. The van der Waals surface area contributed by atoms with Crippen LogP contribution in [0, 0.1) is 0 Å². The Morgan fingerprint density at radius 1 is 0.871 bits per heavy atom. The summed E-state index contributed by atoms with van der Waals surface area (Å²) in [4.78, 5) is 17.6. The van der Waals surface area contributed by atoms with Crippen molar-refractivity contribution in [1.82, 2.24) is 20.0 Å². The van der Waals surface area contributed by atoms with E-state index in [9.17, 15) is 4.79 Å². The van der Waals surface area contributed by atoms with Crippen LogP contribution in [0.3, 0.4) is 0 Å². The number of anilines is 1. The molecule has 0 aliphatic rings. The summed E-state index contributed by atoms with van der Waals surface area (Å²) in [6.45, 7) is 4.81. The summed E-state index contributed by atoms with van der Waals surface area (Å²) in [5, 5.41) is 11.4. The average Bonchev–Trinajstić information content (AvgIpc) is 3.13. The minimum Gasteiger partial charge on any atom is -0.383 e. The zero-order valence-electron chi connectivity index (χ0n) is 16.8. The van der Waals surface area contributed by atoms with Gasteiger partial charge in [0.15, 0.2) is 5.43 Å². The Morgan fingerprint density at radius 2 is 1.55 bits per heavy atom. The molecule has 7 nitrogen and oxygen atoms in total. The fourth-order valence-corrected chi connectivity index (χ4v) is 3.49. The van der Waals surface area contributed by atoms with Gasteiger partial charge >= 0.3 is 0 Å². The monoisotopic (exact) mass is 508 g/mol. The molecule has 2 aromatic carbocycles. The van der Waals surface area contributed by atoms with Crippen LogP contribution >= 0.6 is 49.6 Å². The number of imidazole rings is 1. The van der Waals surface area contributed by atoms with Gasteiger partial charge in [-0.25, -0.2) is 4.98 Å². The quantitative estimate of drug-likeness (QED) is 0.204. The van der Waals surface area contributed by atoms with Gasteiger partial charge in [0.2, 0.25) is 0 Å². The summed E-state index contributed by atoms with van der Waals surface area (Å²) in [5.74, 6) is 0. The van der Waals surface area contributed by atoms with Crippen molar-refractivity contribution in [2.75, 3.05) is 44.6 Å². The van der Waals surface area contributed by atoms with E-state index in [1.165, 1.54) is 0 Å². The molecule has 0 spiro atoms. The average molecular weight is 510 g/mol. The maximum absolute atomic E-state index is 13.1. The van der Waals surface area contributed by atoms with Crippen molar-refractivity contribution in [1.29, 1.82) is 0 Å². The number of nitrogens with two attached hydrogens (primary N) is 1. The number of nitrogens with one attached hydrogen (secondary N) is 3. The number of hydrogen-bond acceptors (Lipinski definition) is 6. The molecule has 4 rings (SSSR count). The maximum Gasteiger partial charge on any atom is 0.199 e. The summed E-state index contributed by atoms with van der Waals surface area (Å²) in [7, 11) is 0. The number of pyridine rings is 1. The van der Waals surface area contributed by atoms with E-state index in [2.05, 4.69) is 20.9 Å². The largest absolute Gasteiger partial charge is 0.383 e. The van der Waals surface area contributed by atoms with Gasteiger partial charge in [-0.05, 0) is 24.3 Å².